The van der Waals surface area contributed by atoms with Gasteiger partial charge in [-0.25, -0.2) is 9.37 Å². The fraction of sp³-hybridized carbons (Fsp3) is 0.208. The summed E-state index contributed by atoms with van der Waals surface area (Å²) in [5, 5.41) is 3.30. The van der Waals surface area contributed by atoms with Gasteiger partial charge >= 0.3 is 0 Å². The lowest BCUT2D eigenvalue weighted by atomic mass is 9.96. The van der Waals surface area contributed by atoms with Crippen molar-refractivity contribution in [2.24, 2.45) is 5.73 Å². The molecule has 2 aliphatic rings. The van der Waals surface area contributed by atoms with Gasteiger partial charge in [-0.15, -0.1) is 0 Å². The number of nitrogens with zero attached hydrogens (tertiary/aromatic N) is 3. The third-order valence-electron chi connectivity index (χ3n) is 6.23. The van der Waals surface area contributed by atoms with Crippen LogP contribution in [0, 0.1) is 12.7 Å². The number of carbonyl (C=O) groups excluding carboxylic acids is 1. The van der Waals surface area contributed by atoms with Gasteiger partial charge in [0, 0.05) is 46.9 Å². The number of fused-ring (bicyclic) bond motifs is 3. The van der Waals surface area contributed by atoms with E-state index in [9.17, 15) is 9.18 Å². The predicted molar refractivity (Wildman–Crippen MR) is 119 cm³/mol. The molecule has 3 N–H and O–H groups in total. The number of rotatable bonds is 2. The van der Waals surface area contributed by atoms with E-state index in [0.29, 0.717) is 41.7 Å². The highest BCUT2D eigenvalue weighted by Crippen LogP contribution is 2.42. The van der Waals surface area contributed by atoms with E-state index in [0.717, 1.165) is 22.4 Å². The molecule has 8 nitrogen and oxygen atoms in total. The molecule has 0 unspecified atom stereocenters. The van der Waals surface area contributed by atoms with E-state index < -0.39 is 5.91 Å². The molecule has 6 rings (SSSR count). The summed E-state index contributed by atoms with van der Waals surface area (Å²) in [6, 6.07) is 8.74. The summed E-state index contributed by atoms with van der Waals surface area (Å²) in [6.07, 6.45) is 3.29. The van der Waals surface area contributed by atoms with Crippen molar-refractivity contribution in [2.45, 2.75) is 19.4 Å². The Bertz CT molecular complexity index is 1450. The Labute approximate surface area is 188 Å². The molecule has 0 spiro atoms. The quantitative estimate of drug-likeness (QED) is 0.490. The summed E-state index contributed by atoms with van der Waals surface area (Å²) < 4.78 is 28.6. The van der Waals surface area contributed by atoms with Crippen molar-refractivity contribution >= 4 is 17.4 Å². The van der Waals surface area contributed by atoms with Gasteiger partial charge in [-0.1, -0.05) is 6.07 Å². The molecule has 166 valence electrons. The molecule has 5 heterocycles. The smallest absolute Gasteiger partial charge is 0.268 e. The van der Waals surface area contributed by atoms with Crippen molar-refractivity contribution in [2.75, 3.05) is 18.5 Å². The van der Waals surface area contributed by atoms with Crippen molar-refractivity contribution in [3.8, 4) is 22.6 Å². The second-order valence-corrected chi connectivity index (χ2v) is 8.20. The van der Waals surface area contributed by atoms with Crippen molar-refractivity contribution in [1.82, 2.24) is 14.4 Å². The predicted octanol–water partition coefficient (Wildman–Crippen LogP) is 3.42. The minimum absolute atomic E-state index is 0.0957. The number of halogens is 1. The second kappa shape index (κ2) is 7.19. The Hall–Kier alpha value is -4.14. The van der Waals surface area contributed by atoms with E-state index in [1.54, 1.807) is 22.9 Å². The van der Waals surface area contributed by atoms with Crippen molar-refractivity contribution < 1.29 is 18.7 Å². The van der Waals surface area contributed by atoms with Crippen LogP contribution < -0.4 is 20.5 Å². The van der Waals surface area contributed by atoms with Crippen LogP contribution in [0.25, 0.3) is 16.8 Å². The third kappa shape index (κ3) is 3.00. The number of benzene rings is 1. The molecule has 4 aromatic rings. The summed E-state index contributed by atoms with van der Waals surface area (Å²) in [7, 11) is 0. The molecule has 0 saturated heterocycles. The number of carbonyl (C=O) groups is 1. The van der Waals surface area contributed by atoms with Gasteiger partial charge in [0.1, 0.15) is 22.9 Å². The number of hydrogen-bond acceptors (Lipinski definition) is 6. The number of hydrogen-bond donors (Lipinski definition) is 2. The van der Waals surface area contributed by atoms with Crippen LogP contribution in [0.5, 0.6) is 11.5 Å². The molecule has 33 heavy (non-hydrogen) atoms. The first-order valence-corrected chi connectivity index (χ1v) is 10.6. The lowest BCUT2D eigenvalue weighted by molar-refractivity contribution is 0.0996. The van der Waals surface area contributed by atoms with Crippen molar-refractivity contribution in [3.05, 3.63) is 71.1 Å². The Morgan fingerprint density at radius 1 is 1.21 bits per heavy atom. The summed E-state index contributed by atoms with van der Waals surface area (Å²) in [5.74, 6) is 0.759. The van der Waals surface area contributed by atoms with Gasteiger partial charge in [-0.2, -0.15) is 0 Å². The Morgan fingerprint density at radius 2 is 2.03 bits per heavy atom. The second-order valence-electron chi connectivity index (χ2n) is 8.20. The largest absolute Gasteiger partial charge is 0.493 e. The number of pyridine rings is 2. The number of amides is 1. The monoisotopic (exact) mass is 445 g/mol. The molecule has 0 aliphatic carbocycles. The van der Waals surface area contributed by atoms with E-state index in [-0.39, 0.29) is 24.0 Å². The first kappa shape index (κ1) is 19.5. The molecular formula is C24H20FN5O3. The van der Waals surface area contributed by atoms with Gasteiger partial charge in [0.2, 0.25) is 0 Å². The summed E-state index contributed by atoms with van der Waals surface area (Å²) in [4.78, 5) is 20.8. The Kier molecular flexibility index (Phi) is 4.26. The molecule has 0 radical (unpaired) electrons. The number of primary amides is 1. The van der Waals surface area contributed by atoms with Crippen LogP contribution in [-0.4, -0.2) is 33.5 Å². The Balaban J connectivity index is 1.58. The van der Waals surface area contributed by atoms with E-state index in [2.05, 4.69) is 15.3 Å². The van der Waals surface area contributed by atoms with Gasteiger partial charge in [-0.3, -0.25) is 14.2 Å². The van der Waals surface area contributed by atoms with Crippen LogP contribution in [0.2, 0.25) is 0 Å². The molecule has 1 atom stereocenters. The van der Waals surface area contributed by atoms with Crippen LogP contribution >= 0.6 is 0 Å². The summed E-state index contributed by atoms with van der Waals surface area (Å²) in [5.41, 5.74) is 9.97. The van der Waals surface area contributed by atoms with Gasteiger partial charge in [0.15, 0.2) is 11.6 Å². The van der Waals surface area contributed by atoms with Gasteiger partial charge in [-0.05, 0) is 31.2 Å². The zero-order valence-electron chi connectivity index (χ0n) is 17.8. The number of aromatic nitrogens is 3. The number of imidazole rings is 1. The lowest BCUT2D eigenvalue weighted by Crippen LogP contribution is -2.13. The molecular weight excluding hydrogens is 425 g/mol. The molecule has 0 saturated carbocycles. The number of ether oxygens (including phenoxy) is 2. The SMILES string of the molecule is Cc1ncccc1-c1cc2c(n3cc(C(N)=O)nc13)NCc1c(F)ccc3c1[C@H](CO3)CO2. The highest BCUT2D eigenvalue weighted by molar-refractivity contribution is 5.93. The zero-order chi connectivity index (χ0) is 22.7. The molecule has 0 bridgehead atoms. The molecule has 0 fully saturated rings. The fourth-order valence-corrected chi connectivity index (χ4v) is 4.63. The first-order chi connectivity index (χ1) is 16.0. The van der Waals surface area contributed by atoms with Crippen molar-refractivity contribution in [1.29, 1.82) is 0 Å². The average Bonchev–Trinajstić information content (AvgIpc) is 3.43. The number of nitrogens with two attached hydrogens (primary N) is 1. The van der Waals surface area contributed by atoms with E-state index in [1.807, 2.05) is 25.1 Å². The highest BCUT2D eigenvalue weighted by atomic mass is 19.1. The minimum atomic E-state index is -0.641. The first-order valence-electron chi connectivity index (χ1n) is 10.6. The van der Waals surface area contributed by atoms with Crippen LogP contribution in [-0.2, 0) is 6.54 Å². The average molecular weight is 445 g/mol. The summed E-state index contributed by atoms with van der Waals surface area (Å²) >= 11 is 0. The van der Waals surface area contributed by atoms with Crippen molar-refractivity contribution in [3.63, 3.8) is 0 Å². The number of anilines is 1. The van der Waals surface area contributed by atoms with Crippen LogP contribution in [0.4, 0.5) is 10.2 Å². The summed E-state index contributed by atoms with van der Waals surface area (Å²) in [6.45, 7) is 2.86. The molecule has 9 heteroatoms. The fourth-order valence-electron chi connectivity index (χ4n) is 4.63. The van der Waals surface area contributed by atoms with Gasteiger partial charge in [0.25, 0.3) is 5.91 Å². The number of aryl methyl sites for hydroxylation is 1. The van der Waals surface area contributed by atoms with Crippen LogP contribution in [0.3, 0.4) is 0 Å². The number of nitrogens with one attached hydrogen (secondary N) is 1. The molecule has 2 aliphatic heterocycles. The normalized spacial score (nSPS) is 16.5. The topological polar surface area (TPSA) is 104 Å². The Morgan fingerprint density at radius 3 is 2.82 bits per heavy atom. The van der Waals surface area contributed by atoms with Crippen LogP contribution in [0.15, 0.2) is 42.7 Å². The lowest BCUT2D eigenvalue weighted by Gasteiger charge is -2.17. The maximum atomic E-state index is 14.8. The molecule has 1 aromatic carbocycles. The molecule has 3 aromatic heterocycles. The van der Waals surface area contributed by atoms with E-state index in [4.69, 9.17) is 15.2 Å². The maximum absolute atomic E-state index is 14.8. The standard InChI is InChI=1S/C24H20FN5O3/c1-12-14(3-2-6-27-12)15-7-20-24(30-9-18(22(26)31)29-23(15)30)28-8-16-17(25)4-5-19-21(16)13(10-32-19)11-33-20/h2-7,9,13,28H,8,10-11H2,1H3,(H2,26,31)/t13-/m1/s1. The van der Waals surface area contributed by atoms with Gasteiger partial charge < -0.3 is 20.5 Å². The van der Waals surface area contributed by atoms with E-state index in [1.165, 1.54) is 6.07 Å². The zero-order valence-corrected chi connectivity index (χ0v) is 17.8. The minimum Gasteiger partial charge on any atom is -0.493 e. The van der Waals surface area contributed by atoms with Crippen LogP contribution in [0.1, 0.15) is 33.2 Å². The van der Waals surface area contributed by atoms with Gasteiger partial charge in [0.05, 0.1) is 19.1 Å². The molecule has 1 amide bonds. The third-order valence-corrected chi connectivity index (χ3v) is 6.23. The maximum Gasteiger partial charge on any atom is 0.268 e. The van der Waals surface area contributed by atoms with E-state index >= 15 is 0 Å². The highest BCUT2D eigenvalue weighted by Gasteiger charge is 2.32.